The van der Waals surface area contributed by atoms with Gasteiger partial charge in [-0.3, -0.25) is 9.59 Å². The van der Waals surface area contributed by atoms with Gasteiger partial charge in [-0.2, -0.15) is 0 Å². The highest BCUT2D eigenvalue weighted by atomic mass is 32.1. The van der Waals surface area contributed by atoms with Gasteiger partial charge in [0.15, 0.2) is 0 Å². The second kappa shape index (κ2) is 8.23. The summed E-state index contributed by atoms with van der Waals surface area (Å²) in [4.78, 5) is 28.6. The number of thiophene rings is 1. The van der Waals surface area contributed by atoms with Gasteiger partial charge >= 0.3 is 0 Å². The summed E-state index contributed by atoms with van der Waals surface area (Å²) in [6, 6.07) is 17.7. The van der Waals surface area contributed by atoms with Gasteiger partial charge in [0.2, 0.25) is 0 Å². The van der Waals surface area contributed by atoms with Crippen LogP contribution in [-0.2, 0) is 0 Å². The van der Waals surface area contributed by atoms with Crippen LogP contribution in [0.15, 0.2) is 54.6 Å². The summed E-state index contributed by atoms with van der Waals surface area (Å²) in [6.07, 6.45) is 7.30. The number of carbonyl (C=O) groups is 2. The predicted octanol–water partition coefficient (Wildman–Crippen LogP) is 5.95. The van der Waals surface area contributed by atoms with Gasteiger partial charge in [0.05, 0.1) is 4.88 Å². The smallest absolute Gasteiger partial charge is 0.265 e. The molecule has 2 amide bonds. The number of nitrogens with one attached hydrogen (secondary N) is 1. The van der Waals surface area contributed by atoms with Gasteiger partial charge in [-0.05, 0) is 73.4 Å². The number of nitrogens with zero attached hydrogens (tertiary/aromatic N) is 1. The molecule has 1 aliphatic carbocycles. The molecule has 1 saturated heterocycles. The molecule has 2 heterocycles. The second-order valence-corrected chi connectivity index (χ2v) is 9.52. The van der Waals surface area contributed by atoms with E-state index in [0.717, 1.165) is 29.5 Å². The molecule has 1 N–H and O–H groups in total. The molecule has 30 heavy (non-hydrogen) atoms. The van der Waals surface area contributed by atoms with Crippen molar-refractivity contribution in [2.75, 3.05) is 11.9 Å². The Hall–Kier alpha value is -2.66. The molecule has 0 spiro atoms. The van der Waals surface area contributed by atoms with E-state index in [1.807, 2.05) is 54.6 Å². The summed E-state index contributed by atoms with van der Waals surface area (Å²) in [6.45, 7) is 0.866. The first-order valence-corrected chi connectivity index (χ1v) is 11.7. The van der Waals surface area contributed by atoms with Crippen molar-refractivity contribution in [1.29, 1.82) is 0 Å². The predicted molar refractivity (Wildman–Crippen MR) is 122 cm³/mol. The number of rotatable bonds is 3. The van der Waals surface area contributed by atoms with Crippen LogP contribution in [0.5, 0.6) is 0 Å². The molecule has 3 aromatic rings. The van der Waals surface area contributed by atoms with E-state index in [1.165, 1.54) is 37.0 Å². The topological polar surface area (TPSA) is 49.4 Å². The summed E-state index contributed by atoms with van der Waals surface area (Å²) < 4.78 is 1.10. The molecule has 0 bridgehead atoms. The Morgan fingerprint density at radius 1 is 0.933 bits per heavy atom. The molecule has 1 saturated carbocycles. The Kier molecular flexibility index (Phi) is 5.30. The highest BCUT2D eigenvalue weighted by Crippen LogP contribution is 2.36. The van der Waals surface area contributed by atoms with Crippen LogP contribution in [0, 0.1) is 5.92 Å². The fourth-order valence-electron chi connectivity index (χ4n) is 5.03. The number of benzene rings is 2. The number of likely N-dealkylation sites (tertiary alicyclic amines) is 1. The molecule has 5 rings (SSSR count). The molecule has 2 aromatic carbocycles. The zero-order chi connectivity index (χ0) is 20.5. The van der Waals surface area contributed by atoms with E-state index in [2.05, 4.69) is 10.2 Å². The van der Waals surface area contributed by atoms with E-state index in [-0.39, 0.29) is 11.8 Å². The highest BCUT2D eigenvalue weighted by Gasteiger charge is 2.35. The third-order valence-electron chi connectivity index (χ3n) is 6.54. The molecule has 1 aliphatic heterocycles. The van der Waals surface area contributed by atoms with Crippen molar-refractivity contribution in [3.8, 4) is 0 Å². The number of piperidine rings is 1. The van der Waals surface area contributed by atoms with Crippen molar-refractivity contribution in [2.24, 2.45) is 5.92 Å². The number of amides is 2. The zero-order valence-corrected chi connectivity index (χ0v) is 17.8. The third kappa shape index (κ3) is 3.74. The van der Waals surface area contributed by atoms with Crippen molar-refractivity contribution in [1.82, 2.24) is 4.90 Å². The van der Waals surface area contributed by atoms with E-state index < -0.39 is 0 Å². The number of anilines is 1. The molecule has 4 nitrogen and oxygen atoms in total. The van der Waals surface area contributed by atoms with Crippen molar-refractivity contribution in [3.63, 3.8) is 0 Å². The summed E-state index contributed by atoms with van der Waals surface area (Å²) in [5.41, 5.74) is 1.42. The average Bonchev–Trinajstić information content (AvgIpc) is 3.23. The van der Waals surface area contributed by atoms with Gasteiger partial charge in [0, 0.05) is 28.5 Å². The van der Waals surface area contributed by atoms with Crippen LogP contribution in [0.25, 0.3) is 10.1 Å². The molecular weight excluding hydrogens is 392 g/mol. The van der Waals surface area contributed by atoms with E-state index in [4.69, 9.17) is 0 Å². The lowest BCUT2D eigenvalue weighted by Gasteiger charge is -2.44. The summed E-state index contributed by atoms with van der Waals surface area (Å²) in [7, 11) is 0. The lowest BCUT2D eigenvalue weighted by atomic mass is 9.78. The number of hydrogen-bond donors (Lipinski definition) is 1. The molecule has 5 heteroatoms. The lowest BCUT2D eigenvalue weighted by Crippen LogP contribution is -2.49. The number of fused-ring (bicyclic) bond motifs is 2. The van der Waals surface area contributed by atoms with Crippen LogP contribution >= 0.6 is 11.3 Å². The van der Waals surface area contributed by atoms with Crippen LogP contribution in [0.4, 0.5) is 5.69 Å². The normalized spacial score (nSPS) is 21.3. The maximum Gasteiger partial charge on any atom is 0.265 e. The lowest BCUT2D eigenvalue weighted by molar-refractivity contribution is 0.0390. The molecular formula is C25H26N2O2S. The number of carbonyl (C=O) groups excluding carboxylic acids is 2. The monoisotopic (exact) mass is 418 g/mol. The average molecular weight is 419 g/mol. The van der Waals surface area contributed by atoms with Crippen molar-refractivity contribution in [3.05, 3.63) is 65.0 Å². The maximum absolute atomic E-state index is 13.1. The maximum atomic E-state index is 13.1. The fourth-order valence-corrected chi connectivity index (χ4v) is 5.98. The standard InChI is InChI=1S/C25H26N2O2S/c28-24(23-16-19-7-2-4-10-22(19)30-23)26-20-13-11-18(12-14-20)25(29)27-15-5-8-17-6-1-3-9-21(17)27/h2,4,7,10-14,16-17,21H,1,3,5-6,8-9,15H2,(H,26,28)/t17?,21-/m0/s1. The molecule has 2 fully saturated rings. The zero-order valence-electron chi connectivity index (χ0n) is 17.0. The van der Waals surface area contributed by atoms with Crippen molar-refractivity contribution in [2.45, 2.75) is 44.6 Å². The van der Waals surface area contributed by atoms with Crippen LogP contribution < -0.4 is 5.32 Å². The fraction of sp³-hybridized carbons (Fsp3) is 0.360. The molecule has 0 radical (unpaired) electrons. The Morgan fingerprint density at radius 3 is 2.53 bits per heavy atom. The molecule has 154 valence electrons. The van der Waals surface area contributed by atoms with Crippen molar-refractivity contribution < 1.29 is 9.59 Å². The van der Waals surface area contributed by atoms with Crippen LogP contribution in [-0.4, -0.2) is 29.3 Å². The van der Waals surface area contributed by atoms with Crippen LogP contribution in [0.1, 0.15) is 58.6 Å². The minimum absolute atomic E-state index is 0.114. The van der Waals surface area contributed by atoms with Gasteiger partial charge in [-0.15, -0.1) is 11.3 Å². The van der Waals surface area contributed by atoms with E-state index in [0.29, 0.717) is 28.1 Å². The van der Waals surface area contributed by atoms with Crippen LogP contribution in [0.3, 0.4) is 0 Å². The molecule has 1 aromatic heterocycles. The van der Waals surface area contributed by atoms with Gasteiger partial charge < -0.3 is 10.2 Å². The highest BCUT2D eigenvalue weighted by molar-refractivity contribution is 7.20. The van der Waals surface area contributed by atoms with Gasteiger partial charge in [-0.1, -0.05) is 31.0 Å². The Labute approximate surface area is 180 Å². The third-order valence-corrected chi connectivity index (χ3v) is 7.66. The first-order chi connectivity index (χ1) is 14.7. The SMILES string of the molecule is O=C(Nc1ccc(C(=O)N2CCCC3CCCC[C@@H]32)cc1)c1cc2ccccc2s1. The molecule has 2 atom stereocenters. The number of hydrogen-bond acceptors (Lipinski definition) is 3. The summed E-state index contributed by atoms with van der Waals surface area (Å²) in [5, 5.41) is 4.04. The van der Waals surface area contributed by atoms with Crippen LogP contribution in [0.2, 0.25) is 0 Å². The molecule has 2 aliphatic rings. The first-order valence-electron chi connectivity index (χ1n) is 10.9. The van der Waals surface area contributed by atoms with Crippen molar-refractivity contribution >= 4 is 38.9 Å². The minimum Gasteiger partial charge on any atom is -0.335 e. The Balaban J connectivity index is 1.28. The Bertz CT molecular complexity index is 1040. The first kappa shape index (κ1) is 19.3. The second-order valence-electron chi connectivity index (χ2n) is 8.43. The van der Waals surface area contributed by atoms with Gasteiger partial charge in [-0.25, -0.2) is 0 Å². The minimum atomic E-state index is -0.114. The summed E-state index contributed by atoms with van der Waals surface area (Å²) in [5.74, 6) is 0.696. The largest absolute Gasteiger partial charge is 0.335 e. The summed E-state index contributed by atoms with van der Waals surface area (Å²) >= 11 is 1.49. The Morgan fingerprint density at radius 2 is 1.70 bits per heavy atom. The van der Waals surface area contributed by atoms with E-state index in [1.54, 1.807) is 0 Å². The van der Waals surface area contributed by atoms with Gasteiger partial charge in [0.1, 0.15) is 0 Å². The molecule has 1 unspecified atom stereocenters. The van der Waals surface area contributed by atoms with E-state index >= 15 is 0 Å². The quantitative estimate of drug-likeness (QED) is 0.571. The van der Waals surface area contributed by atoms with E-state index in [9.17, 15) is 9.59 Å². The van der Waals surface area contributed by atoms with Gasteiger partial charge in [0.25, 0.3) is 11.8 Å².